The van der Waals surface area contributed by atoms with Gasteiger partial charge in [0, 0.05) is 11.5 Å². The van der Waals surface area contributed by atoms with Crippen LogP contribution in [0.3, 0.4) is 0 Å². The zero-order valence-electron chi connectivity index (χ0n) is 16.6. The van der Waals surface area contributed by atoms with E-state index in [1.807, 2.05) is 0 Å². The van der Waals surface area contributed by atoms with Crippen LogP contribution in [0.4, 0.5) is 32.0 Å². The fraction of sp³-hybridized carbons (Fsp3) is 0.409. The van der Waals surface area contributed by atoms with Gasteiger partial charge in [0.1, 0.15) is 11.5 Å². The van der Waals surface area contributed by atoms with Crippen LogP contribution in [0.25, 0.3) is 11.1 Å². The number of ketones is 1. The van der Waals surface area contributed by atoms with Crippen molar-refractivity contribution >= 4 is 11.5 Å². The van der Waals surface area contributed by atoms with Crippen LogP contribution >= 0.6 is 0 Å². The normalized spacial score (nSPS) is 15.6. The molecule has 1 saturated carbocycles. The van der Waals surface area contributed by atoms with E-state index >= 15 is 0 Å². The minimum absolute atomic E-state index is 0.138. The Kier molecular flexibility index (Phi) is 6.25. The van der Waals surface area contributed by atoms with Crippen molar-refractivity contribution in [1.29, 1.82) is 0 Å². The molecule has 3 nitrogen and oxygen atoms in total. The summed E-state index contributed by atoms with van der Waals surface area (Å²) in [6.07, 6.45) is -6.64. The van der Waals surface area contributed by atoms with E-state index in [-0.39, 0.29) is 28.3 Å². The second-order valence-corrected chi connectivity index (χ2v) is 7.80. The van der Waals surface area contributed by atoms with Gasteiger partial charge in [0.05, 0.1) is 11.3 Å². The van der Waals surface area contributed by atoms with E-state index in [0.717, 1.165) is 25.0 Å². The summed E-state index contributed by atoms with van der Waals surface area (Å²) >= 11 is 0. The summed E-state index contributed by atoms with van der Waals surface area (Å²) in [7, 11) is 0. The van der Waals surface area contributed by atoms with Gasteiger partial charge >= 0.3 is 12.4 Å². The zero-order valence-corrected chi connectivity index (χ0v) is 16.6. The maximum atomic E-state index is 12.9. The van der Waals surface area contributed by atoms with Gasteiger partial charge < -0.3 is 10.5 Å². The number of hydrogen-bond donors (Lipinski definition) is 1. The molecular weight excluding hydrogens is 424 g/mol. The van der Waals surface area contributed by atoms with E-state index in [1.54, 1.807) is 6.07 Å². The van der Waals surface area contributed by atoms with Crippen LogP contribution in [-0.2, 0) is 11.0 Å². The Morgan fingerprint density at radius 2 is 1.71 bits per heavy atom. The van der Waals surface area contributed by atoms with Crippen LogP contribution in [0, 0.1) is 5.92 Å². The molecule has 1 aliphatic carbocycles. The molecule has 31 heavy (non-hydrogen) atoms. The molecule has 0 radical (unpaired) electrons. The maximum absolute atomic E-state index is 12.9. The number of hydrogen-bond acceptors (Lipinski definition) is 3. The molecule has 1 atom stereocenters. The summed E-state index contributed by atoms with van der Waals surface area (Å²) in [6, 6.07) is 6.98. The molecule has 0 heterocycles. The van der Waals surface area contributed by atoms with Gasteiger partial charge in [0.2, 0.25) is 0 Å². The molecule has 2 N–H and O–H groups in total. The molecule has 0 aliphatic heterocycles. The van der Waals surface area contributed by atoms with Crippen molar-refractivity contribution in [1.82, 2.24) is 0 Å². The van der Waals surface area contributed by atoms with Crippen molar-refractivity contribution < 1.29 is 35.9 Å². The van der Waals surface area contributed by atoms with Gasteiger partial charge in [0.25, 0.3) is 0 Å². The number of Topliss-reactive ketones (excluding diaryl/α,β-unsaturated/α-hetero) is 1. The molecule has 1 unspecified atom stereocenters. The fourth-order valence-corrected chi connectivity index (χ4v) is 3.43. The molecule has 9 heteroatoms. The van der Waals surface area contributed by atoms with E-state index in [1.165, 1.54) is 25.1 Å². The summed E-state index contributed by atoms with van der Waals surface area (Å²) in [6.45, 7) is -0.183. The van der Waals surface area contributed by atoms with Gasteiger partial charge in [-0.25, -0.2) is 0 Å². The number of ether oxygens (including phenoxy) is 1. The van der Waals surface area contributed by atoms with Crippen LogP contribution in [0.5, 0.6) is 5.75 Å². The van der Waals surface area contributed by atoms with Crippen LogP contribution in [0.1, 0.15) is 43.2 Å². The average molecular weight is 445 g/mol. The standard InChI is InChI=1S/C22H21F6NO2/c1-12(30)17(8-13-2-3-13)15-9-18(14-4-6-16(7-5-14)22(26,27)28)20(29)19(10-15)31-11-21(23,24)25/h4-7,9-10,13,17H,2-3,8,11,29H2,1H3. The number of rotatable bonds is 7. The Bertz CT molecular complexity index is 946. The van der Waals surface area contributed by atoms with Gasteiger partial charge in [-0.15, -0.1) is 0 Å². The van der Waals surface area contributed by atoms with Crippen molar-refractivity contribution in [2.24, 2.45) is 5.92 Å². The maximum Gasteiger partial charge on any atom is 0.422 e. The average Bonchev–Trinajstić information content (AvgIpc) is 3.48. The summed E-state index contributed by atoms with van der Waals surface area (Å²) < 4.78 is 81.6. The summed E-state index contributed by atoms with van der Waals surface area (Å²) in [5, 5.41) is 0. The van der Waals surface area contributed by atoms with Crippen LogP contribution in [-0.4, -0.2) is 18.6 Å². The molecule has 1 fully saturated rings. The Balaban J connectivity index is 2.06. The predicted octanol–water partition coefficient (Wildman–Crippen LogP) is 6.37. The number of nitrogens with two attached hydrogens (primary N) is 1. The van der Waals surface area contributed by atoms with Gasteiger partial charge in [-0.2, -0.15) is 26.3 Å². The van der Waals surface area contributed by atoms with E-state index in [2.05, 4.69) is 0 Å². The van der Waals surface area contributed by atoms with Gasteiger partial charge in [-0.1, -0.05) is 25.0 Å². The Labute approximate surface area is 175 Å². The first-order chi connectivity index (χ1) is 14.3. The molecule has 0 saturated heterocycles. The molecular formula is C22H21F6NO2. The quantitative estimate of drug-likeness (QED) is 0.398. The highest BCUT2D eigenvalue weighted by atomic mass is 19.4. The zero-order chi connectivity index (χ0) is 23.0. The van der Waals surface area contributed by atoms with Crippen molar-refractivity contribution in [3.63, 3.8) is 0 Å². The molecule has 0 aromatic heterocycles. The molecule has 0 spiro atoms. The third-order valence-electron chi connectivity index (χ3n) is 5.24. The van der Waals surface area contributed by atoms with Gasteiger partial charge in [-0.05, 0) is 54.7 Å². The largest absolute Gasteiger partial charge is 0.482 e. The van der Waals surface area contributed by atoms with Crippen molar-refractivity contribution in [2.75, 3.05) is 12.3 Å². The molecule has 2 aromatic rings. The first-order valence-electron chi connectivity index (χ1n) is 9.66. The molecule has 0 amide bonds. The third kappa shape index (κ3) is 5.92. The first kappa shape index (κ1) is 23.0. The SMILES string of the molecule is CC(=O)C(CC1CC1)c1cc(OCC(F)(F)F)c(N)c(-c2ccc(C(F)(F)F)cc2)c1. The summed E-state index contributed by atoms with van der Waals surface area (Å²) in [5.41, 5.74) is 5.94. The lowest BCUT2D eigenvalue weighted by Gasteiger charge is -2.20. The minimum atomic E-state index is -4.61. The van der Waals surface area contributed by atoms with E-state index in [4.69, 9.17) is 10.5 Å². The number of anilines is 1. The fourth-order valence-electron chi connectivity index (χ4n) is 3.43. The molecule has 168 valence electrons. The first-order valence-corrected chi connectivity index (χ1v) is 9.66. The number of carbonyl (C=O) groups excluding carboxylic acids is 1. The molecule has 3 rings (SSSR count). The van der Waals surface area contributed by atoms with Crippen molar-refractivity contribution in [3.8, 4) is 16.9 Å². The molecule has 2 aromatic carbocycles. The predicted molar refractivity (Wildman–Crippen MR) is 104 cm³/mol. The lowest BCUT2D eigenvalue weighted by Crippen LogP contribution is -2.20. The third-order valence-corrected chi connectivity index (χ3v) is 5.24. The minimum Gasteiger partial charge on any atom is -0.482 e. The highest BCUT2D eigenvalue weighted by Gasteiger charge is 2.32. The number of nitrogen functional groups attached to an aromatic ring is 1. The smallest absolute Gasteiger partial charge is 0.422 e. The van der Waals surface area contributed by atoms with Crippen molar-refractivity contribution in [2.45, 2.75) is 44.5 Å². The second kappa shape index (κ2) is 8.43. The topological polar surface area (TPSA) is 52.3 Å². The molecule has 1 aliphatic rings. The lowest BCUT2D eigenvalue weighted by molar-refractivity contribution is -0.153. The highest BCUT2D eigenvalue weighted by molar-refractivity contribution is 5.87. The number of benzene rings is 2. The number of halogens is 6. The highest BCUT2D eigenvalue weighted by Crippen LogP contribution is 2.43. The Hall–Kier alpha value is -2.71. The van der Waals surface area contributed by atoms with E-state index in [0.29, 0.717) is 17.9 Å². The van der Waals surface area contributed by atoms with Crippen LogP contribution in [0.15, 0.2) is 36.4 Å². The summed E-state index contributed by atoms with van der Waals surface area (Å²) in [5.74, 6) is -0.612. The van der Waals surface area contributed by atoms with E-state index < -0.39 is 30.4 Å². The Morgan fingerprint density at radius 1 is 1.10 bits per heavy atom. The van der Waals surface area contributed by atoms with Crippen LogP contribution in [0.2, 0.25) is 0 Å². The second-order valence-electron chi connectivity index (χ2n) is 7.80. The van der Waals surface area contributed by atoms with E-state index in [9.17, 15) is 31.1 Å². The summed E-state index contributed by atoms with van der Waals surface area (Å²) in [4.78, 5) is 12.2. The Morgan fingerprint density at radius 3 is 2.19 bits per heavy atom. The molecule has 0 bridgehead atoms. The van der Waals surface area contributed by atoms with Crippen molar-refractivity contribution in [3.05, 3.63) is 47.5 Å². The number of alkyl halides is 6. The van der Waals surface area contributed by atoms with Gasteiger partial charge in [0.15, 0.2) is 6.61 Å². The van der Waals surface area contributed by atoms with Gasteiger partial charge in [-0.3, -0.25) is 4.79 Å². The van der Waals surface area contributed by atoms with Crippen LogP contribution < -0.4 is 10.5 Å². The lowest BCUT2D eigenvalue weighted by atomic mass is 9.87. The monoisotopic (exact) mass is 445 g/mol. The number of carbonyl (C=O) groups is 1.